The van der Waals surface area contributed by atoms with E-state index in [1.807, 2.05) is 6.20 Å². The largest absolute Gasteiger partial charge is 0.335 e. The fourth-order valence-electron chi connectivity index (χ4n) is 1.40. The van der Waals surface area contributed by atoms with Crippen LogP contribution in [0.2, 0.25) is 5.15 Å². The molecule has 15 heavy (non-hydrogen) atoms. The minimum absolute atomic E-state index is 0.492. The summed E-state index contributed by atoms with van der Waals surface area (Å²) in [6.07, 6.45) is 5.53. The van der Waals surface area contributed by atoms with Gasteiger partial charge in [0.2, 0.25) is 0 Å². The van der Waals surface area contributed by atoms with E-state index in [4.69, 9.17) is 11.6 Å². The lowest BCUT2D eigenvalue weighted by Crippen LogP contribution is -2.03. The zero-order valence-corrected chi connectivity index (χ0v) is 9.92. The molecule has 0 aliphatic carbocycles. The molecule has 0 unspecified atom stereocenters. The molecule has 0 bridgehead atoms. The van der Waals surface area contributed by atoms with Crippen LogP contribution in [-0.2, 0) is 13.0 Å². The summed E-state index contributed by atoms with van der Waals surface area (Å²) < 4.78 is 10.2. The Morgan fingerprint density at radius 2 is 2.33 bits per heavy atom. The molecule has 0 atom stereocenters. The monoisotopic (exact) mass is 242 g/mol. The maximum atomic E-state index is 5.89. The third-order valence-corrected chi connectivity index (χ3v) is 3.07. The van der Waals surface area contributed by atoms with Crippen LogP contribution in [0.15, 0.2) is 12.4 Å². The van der Waals surface area contributed by atoms with Crippen LogP contribution >= 0.6 is 23.3 Å². The Morgan fingerprint density at radius 3 is 3.00 bits per heavy atom. The molecule has 80 valence electrons. The van der Waals surface area contributed by atoms with Gasteiger partial charge in [0.25, 0.3) is 0 Å². The van der Waals surface area contributed by atoms with Crippen molar-refractivity contribution in [1.29, 1.82) is 0 Å². The summed E-state index contributed by atoms with van der Waals surface area (Å²) in [5, 5.41) is 0.492. The molecule has 0 N–H and O–H groups in total. The molecule has 0 aliphatic heterocycles. The lowest BCUT2D eigenvalue weighted by molar-refractivity contribution is 0.645. The Morgan fingerprint density at radius 1 is 1.47 bits per heavy atom. The molecule has 0 radical (unpaired) electrons. The van der Waals surface area contributed by atoms with Crippen LogP contribution in [0.3, 0.4) is 0 Å². The van der Waals surface area contributed by atoms with Gasteiger partial charge in [-0.05, 0) is 6.42 Å². The first kappa shape index (κ1) is 10.6. The SMILES string of the molecule is CCCn1ccnc1Cc1nsnc1Cl. The van der Waals surface area contributed by atoms with Gasteiger partial charge in [-0.15, -0.1) is 0 Å². The average Bonchev–Trinajstić information content (AvgIpc) is 2.80. The van der Waals surface area contributed by atoms with Crippen LogP contribution in [0, 0.1) is 0 Å². The van der Waals surface area contributed by atoms with Gasteiger partial charge in [-0.3, -0.25) is 0 Å². The molecular formula is C9H11ClN4S. The van der Waals surface area contributed by atoms with Crippen LogP contribution in [-0.4, -0.2) is 18.3 Å². The van der Waals surface area contributed by atoms with Crippen molar-refractivity contribution in [1.82, 2.24) is 18.3 Å². The van der Waals surface area contributed by atoms with E-state index in [2.05, 4.69) is 25.2 Å². The van der Waals surface area contributed by atoms with E-state index in [1.54, 1.807) is 6.20 Å². The number of aromatic nitrogens is 4. The molecule has 2 heterocycles. The average molecular weight is 243 g/mol. The standard InChI is InChI=1S/C9H11ClN4S/c1-2-4-14-5-3-11-8(14)6-7-9(10)13-15-12-7/h3,5H,2,4,6H2,1H3. The second-order valence-electron chi connectivity index (χ2n) is 3.22. The minimum Gasteiger partial charge on any atom is -0.335 e. The number of aryl methyl sites for hydroxylation is 1. The Hall–Kier alpha value is -0.940. The number of hydrogen-bond acceptors (Lipinski definition) is 4. The van der Waals surface area contributed by atoms with Crippen LogP contribution in [0.1, 0.15) is 24.9 Å². The van der Waals surface area contributed by atoms with Crippen molar-refractivity contribution in [3.63, 3.8) is 0 Å². The van der Waals surface area contributed by atoms with Crippen molar-refractivity contribution in [3.8, 4) is 0 Å². The van der Waals surface area contributed by atoms with Crippen LogP contribution in [0.5, 0.6) is 0 Å². The van der Waals surface area contributed by atoms with Gasteiger partial charge in [0.1, 0.15) is 11.5 Å². The van der Waals surface area contributed by atoms with Gasteiger partial charge in [-0.1, -0.05) is 18.5 Å². The third kappa shape index (κ3) is 2.35. The molecule has 0 fully saturated rings. The topological polar surface area (TPSA) is 43.6 Å². The van der Waals surface area contributed by atoms with Gasteiger partial charge in [0, 0.05) is 18.9 Å². The van der Waals surface area contributed by atoms with Crippen molar-refractivity contribution in [2.45, 2.75) is 26.3 Å². The highest BCUT2D eigenvalue weighted by Gasteiger charge is 2.09. The summed E-state index contributed by atoms with van der Waals surface area (Å²) in [5.74, 6) is 0.992. The summed E-state index contributed by atoms with van der Waals surface area (Å²) in [7, 11) is 0. The van der Waals surface area contributed by atoms with Gasteiger partial charge in [0.05, 0.1) is 18.1 Å². The number of hydrogen-bond donors (Lipinski definition) is 0. The minimum atomic E-state index is 0.492. The Labute approximate surface area is 97.3 Å². The van der Waals surface area contributed by atoms with E-state index in [-0.39, 0.29) is 0 Å². The highest BCUT2D eigenvalue weighted by atomic mass is 35.5. The van der Waals surface area contributed by atoms with Gasteiger partial charge in [0.15, 0.2) is 5.15 Å². The highest BCUT2D eigenvalue weighted by molar-refractivity contribution is 6.99. The van der Waals surface area contributed by atoms with E-state index in [9.17, 15) is 0 Å². The predicted octanol–water partition coefficient (Wildman–Crippen LogP) is 2.39. The van der Waals surface area contributed by atoms with E-state index in [1.165, 1.54) is 0 Å². The number of imidazole rings is 1. The first-order chi connectivity index (χ1) is 7.31. The molecule has 0 saturated heterocycles. The van der Waals surface area contributed by atoms with Crippen molar-refractivity contribution < 1.29 is 0 Å². The smallest absolute Gasteiger partial charge is 0.166 e. The molecule has 2 aromatic rings. The molecule has 2 rings (SSSR count). The van der Waals surface area contributed by atoms with Crippen molar-refractivity contribution >= 4 is 23.3 Å². The van der Waals surface area contributed by atoms with Crippen LogP contribution in [0.4, 0.5) is 0 Å². The first-order valence-electron chi connectivity index (χ1n) is 4.78. The molecule has 6 heteroatoms. The normalized spacial score (nSPS) is 10.8. The van der Waals surface area contributed by atoms with Gasteiger partial charge in [-0.25, -0.2) is 4.98 Å². The predicted molar refractivity (Wildman–Crippen MR) is 60.2 cm³/mol. The molecule has 0 aliphatic rings. The second kappa shape index (κ2) is 4.72. The van der Waals surface area contributed by atoms with Crippen LogP contribution < -0.4 is 0 Å². The van der Waals surface area contributed by atoms with Crippen molar-refractivity contribution in [3.05, 3.63) is 29.1 Å². The fourth-order valence-corrected chi connectivity index (χ4v) is 2.12. The Bertz CT molecular complexity index is 437. The summed E-state index contributed by atoms with van der Waals surface area (Å²) in [6.45, 7) is 3.12. The van der Waals surface area contributed by atoms with Gasteiger partial charge in [-0.2, -0.15) is 8.75 Å². The zero-order chi connectivity index (χ0) is 10.7. The first-order valence-corrected chi connectivity index (χ1v) is 5.89. The molecule has 0 amide bonds. The summed E-state index contributed by atoms with van der Waals surface area (Å²) in [4.78, 5) is 4.29. The van der Waals surface area contributed by atoms with Gasteiger partial charge < -0.3 is 4.57 Å². The molecule has 0 saturated carbocycles. The number of rotatable bonds is 4. The Balaban J connectivity index is 2.17. The van der Waals surface area contributed by atoms with E-state index >= 15 is 0 Å². The van der Waals surface area contributed by atoms with Crippen molar-refractivity contribution in [2.75, 3.05) is 0 Å². The third-order valence-electron chi connectivity index (χ3n) is 2.10. The Kier molecular flexibility index (Phi) is 3.33. The summed E-state index contributed by atoms with van der Waals surface area (Å²) in [5.41, 5.74) is 0.810. The number of nitrogens with zero attached hydrogens (tertiary/aromatic N) is 4. The van der Waals surface area contributed by atoms with Crippen LogP contribution in [0.25, 0.3) is 0 Å². The van der Waals surface area contributed by atoms with Gasteiger partial charge >= 0.3 is 0 Å². The molecular weight excluding hydrogens is 232 g/mol. The zero-order valence-electron chi connectivity index (χ0n) is 8.35. The number of halogens is 1. The van der Waals surface area contributed by atoms with E-state index in [0.29, 0.717) is 11.6 Å². The lowest BCUT2D eigenvalue weighted by atomic mass is 10.3. The van der Waals surface area contributed by atoms with E-state index in [0.717, 1.165) is 36.2 Å². The maximum Gasteiger partial charge on any atom is 0.166 e. The van der Waals surface area contributed by atoms with E-state index < -0.39 is 0 Å². The summed E-state index contributed by atoms with van der Waals surface area (Å²) in [6, 6.07) is 0. The molecule has 0 spiro atoms. The second-order valence-corrected chi connectivity index (χ2v) is 4.10. The molecule has 0 aromatic carbocycles. The molecule has 2 aromatic heterocycles. The fraction of sp³-hybridized carbons (Fsp3) is 0.444. The summed E-state index contributed by atoms with van der Waals surface area (Å²) >= 11 is 7.02. The maximum absolute atomic E-state index is 5.89. The highest BCUT2D eigenvalue weighted by Crippen LogP contribution is 2.16. The van der Waals surface area contributed by atoms with Crippen molar-refractivity contribution in [2.24, 2.45) is 0 Å². The lowest BCUT2D eigenvalue weighted by Gasteiger charge is -2.04. The molecule has 4 nitrogen and oxygen atoms in total. The quantitative estimate of drug-likeness (QED) is 0.827.